The highest BCUT2D eigenvalue weighted by molar-refractivity contribution is 6.00. The molecule has 1 heterocycles. The zero-order valence-electron chi connectivity index (χ0n) is 11.7. The lowest BCUT2D eigenvalue weighted by Crippen LogP contribution is -2.27. The third-order valence-electron chi connectivity index (χ3n) is 2.64. The van der Waals surface area contributed by atoms with E-state index in [-0.39, 0.29) is 41.0 Å². The van der Waals surface area contributed by atoms with Crippen LogP contribution in [0.2, 0.25) is 0 Å². The maximum atomic E-state index is 13.5. The van der Waals surface area contributed by atoms with Crippen LogP contribution in [0.3, 0.4) is 0 Å². The van der Waals surface area contributed by atoms with Crippen molar-refractivity contribution in [2.24, 2.45) is 5.41 Å². The van der Waals surface area contributed by atoms with Crippen LogP contribution in [0, 0.1) is 11.2 Å². The number of amides is 2. The Morgan fingerprint density at radius 3 is 2.80 bits per heavy atom. The molecular weight excluding hydrogens is 263 g/mol. The lowest BCUT2D eigenvalue weighted by atomic mass is 9.92. The molecule has 0 fully saturated rings. The summed E-state index contributed by atoms with van der Waals surface area (Å²) in [6, 6.07) is 2.34. The number of carbonyl (C=O) groups excluding carboxylic acids is 2. The Kier molecular flexibility index (Phi) is 3.65. The molecule has 0 aliphatic carbocycles. The van der Waals surface area contributed by atoms with Crippen molar-refractivity contribution in [2.45, 2.75) is 27.2 Å². The second-order valence-corrected chi connectivity index (χ2v) is 5.95. The van der Waals surface area contributed by atoms with Gasteiger partial charge in [-0.05, 0) is 5.41 Å². The van der Waals surface area contributed by atoms with Crippen LogP contribution in [0.15, 0.2) is 12.1 Å². The summed E-state index contributed by atoms with van der Waals surface area (Å²) in [5, 5.41) is 5.13. The monoisotopic (exact) mass is 280 g/mol. The quantitative estimate of drug-likeness (QED) is 0.874. The minimum absolute atomic E-state index is 0.152. The number of benzene rings is 1. The molecule has 2 amide bonds. The summed E-state index contributed by atoms with van der Waals surface area (Å²) in [7, 11) is 0. The van der Waals surface area contributed by atoms with E-state index in [4.69, 9.17) is 4.74 Å². The molecule has 0 unspecified atom stereocenters. The first-order valence-corrected chi connectivity index (χ1v) is 6.31. The summed E-state index contributed by atoms with van der Waals surface area (Å²) in [4.78, 5) is 23.1. The van der Waals surface area contributed by atoms with E-state index >= 15 is 0 Å². The Hall–Kier alpha value is -2.11. The van der Waals surface area contributed by atoms with E-state index in [0.29, 0.717) is 6.42 Å². The van der Waals surface area contributed by atoms with Crippen molar-refractivity contribution < 1.29 is 18.7 Å². The van der Waals surface area contributed by atoms with Gasteiger partial charge in [-0.1, -0.05) is 20.8 Å². The molecule has 0 aromatic heterocycles. The van der Waals surface area contributed by atoms with Gasteiger partial charge >= 0.3 is 0 Å². The van der Waals surface area contributed by atoms with Gasteiger partial charge in [0.2, 0.25) is 5.91 Å². The zero-order valence-corrected chi connectivity index (χ0v) is 11.7. The summed E-state index contributed by atoms with van der Waals surface area (Å²) in [5.74, 6) is -0.852. The highest BCUT2D eigenvalue weighted by atomic mass is 19.1. The van der Waals surface area contributed by atoms with Crippen molar-refractivity contribution in [1.82, 2.24) is 0 Å². The number of fused-ring (bicyclic) bond motifs is 1. The number of hydrogen-bond acceptors (Lipinski definition) is 3. The fourth-order valence-corrected chi connectivity index (χ4v) is 1.93. The van der Waals surface area contributed by atoms with E-state index in [1.807, 2.05) is 20.8 Å². The first kappa shape index (κ1) is 14.3. The minimum Gasteiger partial charge on any atom is -0.479 e. The van der Waals surface area contributed by atoms with Gasteiger partial charge in [0.1, 0.15) is 5.82 Å². The van der Waals surface area contributed by atoms with Gasteiger partial charge in [0.25, 0.3) is 5.91 Å². The second-order valence-electron chi connectivity index (χ2n) is 5.95. The second kappa shape index (κ2) is 5.11. The molecule has 0 spiro atoms. The van der Waals surface area contributed by atoms with Crippen molar-refractivity contribution in [1.29, 1.82) is 0 Å². The van der Waals surface area contributed by atoms with Crippen molar-refractivity contribution in [2.75, 3.05) is 17.2 Å². The smallest absolute Gasteiger partial charge is 0.262 e. The van der Waals surface area contributed by atoms with E-state index in [0.717, 1.165) is 6.07 Å². The Bertz CT molecular complexity index is 564. The summed E-state index contributed by atoms with van der Waals surface area (Å²) < 4.78 is 18.8. The number of rotatable bonds is 2. The van der Waals surface area contributed by atoms with Crippen LogP contribution in [0.1, 0.15) is 27.2 Å². The summed E-state index contributed by atoms with van der Waals surface area (Å²) >= 11 is 0. The predicted molar refractivity (Wildman–Crippen MR) is 73.2 cm³/mol. The minimum atomic E-state index is -0.555. The molecule has 20 heavy (non-hydrogen) atoms. The molecule has 1 aromatic rings. The topological polar surface area (TPSA) is 67.4 Å². The summed E-state index contributed by atoms with van der Waals surface area (Å²) in [6.07, 6.45) is 0.296. The molecule has 1 aliphatic heterocycles. The fraction of sp³-hybridized carbons (Fsp3) is 0.429. The summed E-state index contributed by atoms with van der Waals surface area (Å²) in [5.41, 5.74) is 0.286. The molecule has 5 nitrogen and oxygen atoms in total. The van der Waals surface area contributed by atoms with E-state index in [1.54, 1.807) is 0 Å². The van der Waals surface area contributed by atoms with Gasteiger partial charge in [-0.15, -0.1) is 0 Å². The number of hydrogen-bond donors (Lipinski definition) is 2. The highest BCUT2D eigenvalue weighted by Gasteiger charge is 2.23. The number of ether oxygens (including phenoxy) is 1. The van der Waals surface area contributed by atoms with Crippen molar-refractivity contribution >= 4 is 23.2 Å². The molecule has 0 atom stereocenters. The van der Waals surface area contributed by atoms with E-state index in [9.17, 15) is 14.0 Å². The number of anilines is 2. The number of carbonyl (C=O) groups is 2. The van der Waals surface area contributed by atoms with Gasteiger partial charge in [0.15, 0.2) is 12.4 Å². The summed E-state index contributed by atoms with van der Waals surface area (Å²) in [6.45, 7) is 5.65. The van der Waals surface area contributed by atoms with Gasteiger partial charge in [-0.2, -0.15) is 0 Å². The van der Waals surface area contributed by atoms with Crippen LogP contribution in [-0.4, -0.2) is 18.4 Å². The first-order valence-electron chi connectivity index (χ1n) is 6.31. The largest absolute Gasteiger partial charge is 0.479 e. The molecule has 2 N–H and O–H groups in total. The third kappa shape index (κ3) is 3.46. The molecule has 0 radical (unpaired) electrons. The van der Waals surface area contributed by atoms with E-state index in [1.165, 1.54) is 6.07 Å². The van der Waals surface area contributed by atoms with Crippen molar-refractivity contribution in [3.63, 3.8) is 0 Å². The first-order chi connectivity index (χ1) is 9.24. The predicted octanol–water partition coefficient (Wildman–Crippen LogP) is 2.53. The average molecular weight is 280 g/mol. The molecule has 2 rings (SSSR count). The van der Waals surface area contributed by atoms with Crippen LogP contribution >= 0.6 is 0 Å². The van der Waals surface area contributed by atoms with Crippen LogP contribution in [-0.2, 0) is 9.59 Å². The maximum Gasteiger partial charge on any atom is 0.262 e. The standard InChI is InChI=1S/C14H17FN2O3/c1-14(2,3)6-11(18)16-9-4-8(15)5-10-13(9)20-7-12(19)17-10/h4-5H,6-7H2,1-3H3,(H,16,18)(H,17,19). The van der Waals surface area contributed by atoms with E-state index < -0.39 is 5.82 Å². The number of nitrogens with one attached hydrogen (secondary N) is 2. The third-order valence-corrected chi connectivity index (χ3v) is 2.64. The lowest BCUT2D eigenvalue weighted by Gasteiger charge is -2.22. The van der Waals surface area contributed by atoms with Crippen LogP contribution < -0.4 is 15.4 Å². The van der Waals surface area contributed by atoms with Gasteiger partial charge in [0.05, 0.1) is 11.4 Å². The van der Waals surface area contributed by atoms with Crippen LogP contribution in [0.4, 0.5) is 15.8 Å². The SMILES string of the molecule is CC(C)(C)CC(=O)Nc1cc(F)cc2c1OCC(=O)N2. The van der Waals surface area contributed by atoms with Gasteiger partial charge in [-0.25, -0.2) is 4.39 Å². The molecule has 1 aromatic carbocycles. The van der Waals surface area contributed by atoms with Gasteiger partial charge in [-0.3, -0.25) is 9.59 Å². The molecule has 1 aliphatic rings. The average Bonchev–Trinajstić information content (AvgIpc) is 2.24. The molecule has 108 valence electrons. The van der Waals surface area contributed by atoms with Crippen LogP contribution in [0.5, 0.6) is 5.75 Å². The van der Waals surface area contributed by atoms with Gasteiger partial charge < -0.3 is 15.4 Å². The zero-order chi connectivity index (χ0) is 14.9. The number of halogens is 1. The van der Waals surface area contributed by atoms with Crippen molar-refractivity contribution in [3.05, 3.63) is 17.9 Å². The Balaban J connectivity index is 2.24. The molecule has 0 saturated heterocycles. The maximum absolute atomic E-state index is 13.5. The Morgan fingerprint density at radius 2 is 2.15 bits per heavy atom. The van der Waals surface area contributed by atoms with Crippen LogP contribution in [0.25, 0.3) is 0 Å². The molecule has 0 bridgehead atoms. The molecular formula is C14H17FN2O3. The highest BCUT2D eigenvalue weighted by Crippen LogP contribution is 2.37. The Morgan fingerprint density at radius 1 is 1.45 bits per heavy atom. The molecule has 0 saturated carbocycles. The van der Waals surface area contributed by atoms with Crippen molar-refractivity contribution in [3.8, 4) is 5.75 Å². The fourth-order valence-electron chi connectivity index (χ4n) is 1.93. The van der Waals surface area contributed by atoms with Gasteiger partial charge in [0, 0.05) is 18.6 Å². The van der Waals surface area contributed by atoms with E-state index in [2.05, 4.69) is 10.6 Å². The Labute approximate surface area is 116 Å². The molecule has 6 heteroatoms. The lowest BCUT2D eigenvalue weighted by molar-refractivity contribution is -0.118. The normalized spacial score (nSPS) is 14.1.